The van der Waals surface area contributed by atoms with Crippen molar-refractivity contribution in [2.24, 2.45) is 0 Å². The van der Waals surface area contributed by atoms with Crippen LogP contribution in [0.1, 0.15) is 16.9 Å². The van der Waals surface area contributed by atoms with Crippen LogP contribution in [-0.2, 0) is 0 Å². The highest BCUT2D eigenvalue weighted by atomic mass is 35.5. The van der Waals surface area contributed by atoms with Gasteiger partial charge in [-0.3, -0.25) is 0 Å². The predicted molar refractivity (Wildman–Crippen MR) is 98.8 cm³/mol. The second kappa shape index (κ2) is 6.97. The molecule has 0 spiro atoms. The number of allylic oxidation sites excluding steroid dienone is 1. The summed E-state index contributed by atoms with van der Waals surface area (Å²) < 4.78 is 5.87. The van der Waals surface area contributed by atoms with E-state index in [0.717, 1.165) is 11.1 Å². The van der Waals surface area contributed by atoms with Gasteiger partial charge in [-0.1, -0.05) is 47.5 Å². The maximum atomic E-state index is 9.43. The number of nitrogens with zero attached hydrogens (tertiary/aromatic N) is 1. The highest BCUT2D eigenvalue weighted by Crippen LogP contribution is 2.30. The molecule has 1 heterocycles. The molecule has 0 amide bonds. The van der Waals surface area contributed by atoms with E-state index < -0.39 is 0 Å². The number of rotatable bonds is 3. The van der Waals surface area contributed by atoms with Gasteiger partial charge in [0.2, 0.25) is 0 Å². The van der Waals surface area contributed by atoms with Crippen LogP contribution in [0.2, 0.25) is 10.0 Å². The molecule has 0 saturated carbocycles. The Morgan fingerprint density at radius 2 is 1.88 bits per heavy atom. The maximum absolute atomic E-state index is 9.43. The van der Waals surface area contributed by atoms with E-state index in [1.165, 1.54) is 0 Å². The molecule has 0 radical (unpaired) electrons. The maximum Gasteiger partial charge on any atom is 0.135 e. The molecular formula is C20H13Cl2NO. The molecule has 3 aromatic rings. The van der Waals surface area contributed by atoms with Crippen molar-refractivity contribution in [1.82, 2.24) is 0 Å². The van der Waals surface area contributed by atoms with Gasteiger partial charge in [0, 0.05) is 21.2 Å². The first-order valence-corrected chi connectivity index (χ1v) is 8.07. The molecule has 0 aliphatic rings. The Kier molecular flexibility index (Phi) is 4.76. The lowest BCUT2D eigenvalue weighted by Gasteiger charge is -2.03. The lowest BCUT2D eigenvalue weighted by Crippen LogP contribution is -1.83. The van der Waals surface area contributed by atoms with Crippen LogP contribution in [0.4, 0.5) is 0 Å². The van der Waals surface area contributed by atoms with E-state index in [9.17, 15) is 5.26 Å². The van der Waals surface area contributed by atoms with E-state index in [-0.39, 0.29) is 0 Å². The first kappa shape index (κ1) is 16.4. The second-order valence-corrected chi connectivity index (χ2v) is 6.15. The Morgan fingerprint density at radius 3 is 2.62 bits per heavy atom. The highest BCUT2D eigenvalue weighted by Gasteiger charge is 2.10. The number of hydrogen-bond acceptors (Lipinski definition) is 2. The molecule has 0 saturated heterocycles. The Bertz CT molecular complexity index is 964. The van der Waals surface area contributed by atoms with Crippen molar-refractivity contribution in [2.75, 3.05) is 0 Å². The molecular weight excluding hydrogens is 341 g/mol. The Labute approximate surface area is 150 Å². The van der Waals surface area contributed by atoms with Crippen molar-refractivity contribution in [1.29, 1.82) is 5.26 Å². The first-order chi connectivity index (χ1) is 11.6. The minimum absolute atomic E-state index is 0.448. The predicted octanol–water partition coefficient (Wildman–Crippen LogP) is 6.63. The van der Waals surface area contributed by atoms with Crippen molar-refractivity contribution < 1.29 is 4.42 Å². The Morgan fingerprint density at radius 1 is 1.08 bits per heavy atom. The van der Waals surface area contributed by atoms with Crippen LogP contribution in [0.25, 0.3) is 23.0 Å². The van der Waals surface area contributed by atoms with Crippen molar-refractivity contribution >= 4 is 34.9 Å². The SMILES string of the molecule is Cc1ccc(Cl)cc1-c1ccc(C=C(C#N)c2ccccc2Cl)o1. The molecule has 0 atom stereocenters. The fourth-order valence-electron chi connectivity index (χ4n) is 2.43. The lowest BCUT2D eigenvalue weighted by atomic mass is 10.1. The average Bonchev–Trinajstić information content (AvgIpc) is 3.04. The zero-order chi connectivity index (χ0) is 17.1. The third kappa shape index (κ3) is 3.38. The molecule has 0 bridgehead atoms. The third-order valence-corrected chi connectivity index (χ3v) is 4.23. The van der Waals surface area contributed by atoms with E-state index in [1.54, 1.807) is 12.1 Å². The van der Waals surface area contributed by atoms with Crippen molar-refractivity contribution in [3.63, 3.8) is 0 Å². The Balaban J connectivity index is 2.00. The number of aryl methyl sites for hydroxylation is 1. The molecule has 24 heavy (non-hydrogen) atoms. The standard InChI is InChI=1S/C20H13Cl2NO/c1-13-6-7-15(21)11-18(13)20-9-8-16(24-20)10-14(12-23)17-4-2-3-5-19(17)22/h2-11H,1H3. The van der Waals surface area contributed by atoms with Gasteiger partial charge >= 0.3 is 0 Å². The average molecular weight is 354 g/mol. The van der Waals surface area contributed by atoms with E-state index in [0.29, 0.717) is 32.7 Å². The summed E-state index contributed by atoms with van der Waals surface area (Å²) in [6, 6.07) is 18.7. The monoisotopic (exact) mass is 353 g/mol. The van der Waals surface area contributed by atoms with Gasteiger partial charge in [-0.2, -0.15) is 5.26 Å². The molecule has 0 fully saturated rings. The van der Waals surface area contributed by atoms with E-state index in [2.05, 4.69) is 6.07 Å². The van der Waals surface area contributed by atoms with E-state index in [4.69, 9.17) is 27.6 Å². The van der Waals surface area contributed by atoms with Crippen LogP contribution in [0, 0.1) is 18.3 Å². The van der Waals surface area contributed by atoms with E-state index >= 15 is 0 Å². The van der Waals surface area contributed by atoms with Gasteiger partial charge in [0.05, 0.1) is 11.6 Å². The molecule has 118 valence electrons. The molecule has 3 rings (SSSR count). The number of nitriles is 1. The molecule has 1 aromatic heterocycles. The molecule has 0 aliphatic heterocycles. The molecule has 0 aliphatic carbocycles. The van der Waals surface area contributed by atoms with Gasteiger partial charge in [0.1, 0.15) is 11.5 Å². The van der Waals surface area contributed by atoms with Gasteiger partial charge in [0.15, 0.2) is 0 Å². The van der Waals surface area contributed by atoms with Crippen LogP contribution in [0.15, 0.2) is 59.0 Å². The highest BCUT2D eigenvalue weighted by molar-refractivity contribution is 6.32. The van der Waals surface area contributed by atoms with Crippen molar-refractivity contribution in [3.8, 4) is 17.4 Å². The van der Waals surface area contributed by atoms with Crippen LogP contribution in [-0.4, -0.2) is 0 Å². The minimum Gasteiger partial charge on any atom is -0.457 e. The molecule has 2 nitrogen and oxygen atoms in total. The topological polar surface area (TPSA) is 36.9 Å². The van der Waals surface area contributed by atoms with Gasteiger partial charge < -0.3 is 4.42 Å². The number of furan rings is 1. The normalized spacial score (nSPS) is 11.3. The Hall–Kier alpha value is -2.47. The summed E-state index contributed by atoms with van der Waals surface area (Å²) >= 11 is 12.2. The summed E-state index contributed by atoms with van der Waals surface area (Å²) in [6.07, 6.45) is 1.69. The lowest BCUT2D eigenvalue weighted by molar-refractivity contribution is 0.571. The molecule has 2 aromatic carbocycles. The number of hydrogen-bond donors (Lipinski definition) is 0. The minimum atomic E-state index is 0.448. The van der Waals surface area contributed by atoms with Gasteiger partial charge in [0.25, 0.3) is 0 Å². The van der Waals surface area contributed by atoms with E-state index in [1.807, 2.05) is 55.5 Å². The zero-order valence-corrected chi connectivity index (χ0v) is 14.4. The number of halogens is 2. The summed E-state index contributed by atoms with van der Waals surface area (Å²) in [7, 11) is 0. The van der Waals surface area contributed by atoms with Crippen molar-refractivity contribution in [3.05, 3.63) is 81.5 Å². The first-order valence-electron chi connectivity index (χ1n) is 7.31. The number of benzene rings is 2. The van der Waals surface area contributed by atoms with Gasteiger partial charge in [-0.15, -0.1) is 0 Å². The van der Waals surface area contributed by atoms with Crippen LogP contribution < -0.4 is 0 Å². The summed E-state index contributed by atoms with van der Waals surface area (Å²) in [5, 5.41) is 10.6. The van der Waals surface area contributed by atoms with Crippen LogP contribution in [0.5, 0.6) is 0 Å². The summed E-state index contributed by atoms with van der Waals surface area (Å²) in [5.74, 6) is 1.29. The molecule has 0 unspecified atom stereocenters. The summed E-state index contributed by atoms with van der Waals surface area (Å²) in [5.41, 5.74) is 3.12. The van der Waals surface area contributed by atoms with Crippen molar-refractivity contribution in [2.45, 2.75) is 6.92 Å². The summed E-state index contributed by atoms with van der Waals surface area (Å²) in [6.45, 7) is 1.99. The third-order valence-electron chi connectivity index (χ3n) is 3.66. The quantitative estimate of drug-likeness (QED) is 0.495. The van der Waals surface area contributed by atoms with Gasteiger partial charge in [-0.05, 0) is 48.9 Å². The molecule has 0 N–H and O–H groups in total. The van der Waals surface area contributed by atoms with Gasteiger partial charge in [-0.25, -0.2) is 0 Å². The summed E-state index contributed by atoms with van der Waals surface area (Å²) in [4.78, 5) is 0. The molecule has 4 heteroatoms. The smallest absolute Gasteiger partial charge is 0.135 e. The fourth-order valence-corrected chi connectivity index (χ4v) is 2.84. The second-order valence-electron chi connectivity index (χ2n) is 5.31. The van der Waals surface area contributed by atoms with Crippen LogP contribution in [0.3, 0.4) is 0 Å². The largest absolute Gasteiger partial charge is 0.457 e. The van der Waals surface area contributed by atoms with Crippen LogP contribution >= 0.6 is 23.2 Å². The zero-order valence-electron chi connectivity index (χ0n) is 12.9. The fraction of sp³-hybridized carbons (Fsp3) is 0.0500.